The van der Waals surface area contributed by atoms with Gasteiger partial charge in [0.15, 0.2) is 0 Å². The third-order valence-corrected chi connectivity index (χ3v) is 2.74. The molecule has 1 N–H and O–H groups in total. The van der Waals surface area contributed by atoms with Gasteiger partial charge in [-0.2, -0.15) is 0 Å². The van der Waals surface area contributed by atoms with Crippen molar-refractivity contribution in [1.29, 1.82) is 0 Å². The predicted molar refractivity (Wildman–Crippen MR) is 66.1 cm³/mol. The zero-order valence-electron chi connectivity index (χ0n) is 10.1. The van der Waals surface area contributed by atoms with Crippen molar-refractivity contribution in [2.45, 2.75) is 18.9 Å². The van der Waals surface area contributed by atoms with E-state index in [1.165, 1.54) is 0 Å². The number of carbonyl (C=O) groups is 1. The fraction of sp³-hybridized carbons (Fsp3) is 0.385. The third kappa shape index (κ3) is 3.00. The number of rotatable bonds is 5. The summed E-state index contributed by atoms with van der Waals surface area (Å²) in [6.07, 6.45) is 0.627. The number of carboxylic acid groups (broad SMARTS) is 1. The van der Waals surface area contributed by atoms with Crippen molar-refractivity contribution in [2.24, 2.45) is 4.99 Å². The van der Waals surface area contributed by atoms with E-state index in [0.29, 0.717) is 18.9 Å². The van der Waals surface area contributed by atoms with Crippen LogP contribution in [0.5, 0.6) is 5.75 Å². The molecule has 0 saturated heterocycles. The Morgan fingerprint density at radius 1 is 1.50 bits per heavy atom. The largest absolute Gasteiger partial charge is 0.497 e. The molecule has 1 aliphatic heterocycles. The van der Waals surface area contributed by atoms with Crippen LogP contribution in [0.1, 0.15) is 18.4 Å². The molecule has 2 rings (SSSR count). The lowest BCUT2D eigenvalue weighted by Gasteiger charge is -2.02. The van der Waals surface area contributed by atoms with Gasteiger partial charge in [-0.15, -0.1) is 0 Å². The minimum atomic E-state index is -0.803. The number of hydrogen-bond donors (Lipinski definition) is 1. The van der Waals surface area contributed by atoms with E-state index in [0.717, 1.165) is 11.3 Å². The zero-order valence-corrected chi connectivity index (χ0v) is 10.1. The molecule has 96 valence electrons. The molecule has 0 aromatic heterocycles. The Morgan fingerprint density at radius 3 is 2.83 bits per heavy atom. The molecule has 0 amide bonds. The molecule has 5 heteroatoms. The lowest BCUT2D eigenvalue weighted by atomic mass is 10.2. The maximum absolute atomic E-state index is 10.5. The topological polar surface area (TPSA) is 68.1 Å². The molecule has 1 aromatic rings. The van der Waals surface area contributed by atoms with Crippen LogP contribution >= 0.6 is 0 Å². The van der Waals surface area contributed by atoms with E-state index in [9.17, 15) is 4.79 Å². The summed E-state index contributed by atoms with van der Waals surface area (Å²) in [6, 6.07) is 7.37. The Hall–Kier alpha value is -2.04. The predicted octanol–water partition coefficient (Wildman–Crippen LogP) is 1.71. The third-order valence-electron chi connectivity index (χ3n) is 2.74. The summed E-state index contributed by atoms with van der Waals surface area (Å²) in [7, 11) is 1.61. The summed E-state index contributed by atoms with van der Waals surface area (Å²) in [5.74, 6) is 0.552. The van der Waals surface area contributed by atoms with Crippen molar-refractivity contribution in [3.05, 3.63) is 29.8 Å². The summed E-state index contributed by atoms with van der Waals surface area (Å²) >= 11 is 0. The van der Waals surface area contributed by atoms with E-state index in [1.54, 1.807) is 7.11 Å². The Morgan fingerprint density at radius 2 is 2.22 bits per heavy atom. The van der Waals surface area contributed by atoms with Gasteiger partial charge in [0.1, 0.15) is 12.4 Å². The Kier molecular flexibility index (Phi) is 3.82. The van der Waals surface area contributed by atoms with E-state index in [2.05, 4.69) is 4.99 Å². The Labute approximate surface area is 105 Å². The molecule has 1 unspecified atom stereocenters. The number of nitrogens with zero attached hydrogens (tertiary/aromatic N) is 1. The molecular weight excluding hydrogens is 234 g/mol. The first-order chi connectivity index (χ1) is 8.69. The summed E-state index contributed by atoms with van der Waals surface area (Å²) < 4.78 is 10.5. The highest BCUT2D eigenvalue weighted by molar-refractivity contribution is 5.95. The molecule has 1 aliphatic rings. The minimum Gasteiger partial charge on any atom is -0.497 e. The van der Waals surface area contributed by atoms with Crippen molar-refractivity contribution in [3.63, 3.8) is 0 Å². The number of aliphatic imine (C=N–C) groups is 1. The molecule has 0 spiro atoms. The van der Waals surface area contributed by atoms with Crippen LogP contribution in [0.25, 0.3) is 0 Å². The van der Waals surface area contributed by atoms with Crippen LogP contribution in [0.4, 0.5) is 0 Å². The molecule has 0 bridgehead atoms. The second-order valence-electron chi connectivity index (χ2n) is 4.06. The van der Waals surface area contributed by atoms with Crippen LogP contribution in [0.15, 0.2) is 29.3 Å². The molecule has 1 heterocycles. The van der Waals surface area contributed by atoms with Gasteiger partial charge in [0.25, 0.3) is 0 Å². The summed E-state index contributed by atoms with van der Waals surface area (Å²) in [5.41, 5.74) is 0.883. The number of carboxylic acids is 1. The van der Waals surface area contributed by atoms with Gasteiger partial charge in [0, 0.05) is 12.0 Å². The van der Waals surface area contributed by atoms with Crippen LogP contribution in [-0.2, 0) is 9.53 Å². The van der Waals surface area contributed by atoms with E-state index >= 15 is 0 Å². The van der Waals surface area contributed by atoms with Gasteiger partial charge in [-0.3, -0.25) is 4.79 Å². The molecule has 0 saturated carbocycles. The molecule has 1 aromatic carbocycles. The maximum Gasteiger partial charge on any atom is 0.303 e. The van der Waals surface area contributed by atoms with Crippen LogP contribution in [0, 0.1) is 0 Å². The number of methoxy groups -OCH3 is 1. The monoisotopic (exact) mass is 249 g/mol. The first-order valence-corrected chi connectivity index (χ1v) is 5.76. The fourth-order valence-corrected chi connectivity index (χ4v) is 1.74. The van der Waals surface area contributed by atoms with Gasteiger partial charge in [-0.05, 0) is 30.7 Å². The first-order valence-electron chi connectivity index (χ1n) is 5.76. The summed E-state index contributed by atoms with van der Waals surface area (Å²) in [6.45, 7) is 0.453. The molecular formula is C13H15NO4. The highest BCUT2D eigenvalue weighted by atomic mass is 16.5. The van der Waals surface area contributed by atoms with Crippen LogP contribution < -0.4 is 4.74 Å². The highest BCUT2D eigenvalue weighted by Gasteiger charge is 2.20. The zero-order chi connectivity index (χ0) is 13.0. The first kappa shape index (κ1) is 12.4. The molecule has 0 aliphatic carbocycles. The highest BCUT2D eigenvalue weighted by Crippen LogP contribution is 2.18. The van der Waals surface area contributed by atoms with E-state index in [-0.39, 0.29) is 12.5 Å². The van der Waals surface area contributed by atoms with Crippen LogP contribution in [-0.4, -0.2) is 36.7 Å². The van der Waals surface area contributed by atoms with Crippen LogP contribution in [0.2, 0.25) is 0 Å². The summed E-state index contributed by atoms with van der Waals surface area (Å²) in [5, 5.41) is 8.61. The standard InChI is InChI=1S/C13H15NO4/c1-17-11-5-2-9(3-6-11)13-14-10(8-18-13)4-7-12(15)16/h2-3,5-6,10H,4,7-8H2,1H3,(H,15,16). The van der Waals surface area contributed by atoms with Crippen molar-refractivity contribution in [2.75, 3.05) is 13.7 Å². The van der Waals surface area contributed by atoms with Gasteiger partial charge in [0.2, 0.25) is 5.90 Å². The molecule has 0 radical (unpaired) electrons. The van der Waals surface area contributed by atoms with Crippen molar-refractivity contribution in [1.82, 2.24) is 0 Å². The van der Waals surface area contributed by atoms with Crippen LogP contribution in [0.3, 0.4) is 0 Å². The van der Waals surface area contributed by atoms with E-state index < -0.39 is 5.97 Å². The summed E-state index contributed by atoms with van der Waals surface area (Å²) in [4.78, 5) is 14.9. The molecule has 18 heavy (non-hydrogen) atoms. The smallest absolute Gasteiger partial charge is 0.303 e. The van der Waals surface area contributed by atoms with Gasteiger partial charge in [-0.25, -0.2) is 4.99 Å². The second kappa shape index (κ2) is 5.53. The van der Waals surface area contributed by atoms with Gasteiger partial charge >= 0.3 is 5.97 Å². The molecule has 1 atom stereocenters. The SMILES string of the molecule is COc1ccc(C2=NC(CCC(=O)O)CO2)cc1. The number of ether oxygens (including phenoxy) is 2. The van der Waals surface area contributed by atoms with Gasteiger partial charge < -0.3 is 14.6 Å². The fourth-order valence-electron chi connectivity index (χ4n) is 1.74. The number of hydrogen-bond acceptors (Lipinski definition) is 4. The van der Waals surface area contributed by atoms with E-state index in [1.807, 2.05) is 24.3 Å². The molecule has 5 nitrogen and oxygen atoms in total. The Balaban J connectivity index is 2.00. The lowest BCUT2D eigenvalue weighted by Crippen LogP contribution is -2.08. The quantitative estimate of drug-likeness (QED) is 0.862. The maximum atomic E-state index is 10.5. The number of aliphatic carboxylic acids is 1. The average Bonchev–Trinajstić information content (AvgIpc) is 2.85. The number of benzene rings is 1. The average molecular weight is 249 g/mol. The van der Waals surface area contributed by atoms with Crippen molar-refractivity contribution < 1.29 is 19.4 Å². The second-order valence-corrected chi connectivity index (χ2v) is 4.06. The lowest BCUT2D eigenvalue weighted by molar-refractivity contribution is -0.137. The Bertz CT molecular complexity index is 453. The minimum absolute atomic E-state index is 0.0572. The van der Waals surface area contributed by atoms with Crippen molar-refractivity contribution in [3.8, 4) is 5.75 Å². The van der Waals surface area contributed by atoms with E-state index in [4.69, 9.17) is 14.6 Å². The molecule has 0 fully saturated rings. The van der Waals surface area contributed by atoms with Gasteiger partial charge in [0.05, 0.1) is 13.2 Å². The van der Waals surface area contributed by atoms with Crippen molar-refractivity contribution >= 4 is 11.9 Å². The normalized spacial score (nSPS) is 18.1. The van der Waals surface area contributed by atoms with Gasteiger partial charge in [-0.1, -0.05) is 0 Å².